The average molecular weight is 351 g/mol. The Morgan fingerprint density at radius 3 is 2.48 bits per heavy atom. The van der Waals surface area contributed by atoms with Crippen LogP contribution in [-0.4, -0.2) is 19.2 Å². The summed E-state index contributed by atoms with van der Waals surface area (Å²) in [5, 5.41) is 3.45. The summed E-state index contributed by atoms with van der Waals surface area (Å²) in [4.78, 5) is 4.36. The first kappa shape index (κ1) is 15.8. The second-order valence-corrected chi connectivity index (χ2v) is 5.56. The zero-order valence-electron chi connectivity index (χ0n) is 12.4. The molecule has 0 saturated carbocycles. The number of aromatic nitrogens is 1. The van der Waals surface area contributed by atoms with Gasteiger partial charge in [0, 0.05) is 29.3 Å². The van der Waals surface area contributed by atoms with Gasteiger partial charge in [0.15, 0.2) is 11.5 Å². The molecular formula is C16H19BrN2O2. The van der Waals surface area contributed by atoms with Gasteiger partial charge in [-0.25, -0.2) is 0 Å². The molecule has 0 aliphatic carbocycles. The number of pyridine rings is 1. The molecule has 2 aromatic rings. The lowest BCUT2D eigenvalue weighted by Gasteiger charge is -2.16. The van der Waals surface area contributed by atoms with Gasteiger partial charge < -0.3 is 14.8 Å². The van der Waals surface area contributed by atoms with Crippen molar-refractivity contribution in [3.05, 3.63) is 52.3 Å². The summed E-state index contributed by atoms with van der Waals surface area (Å²) in [6, 6.07) is 10.3. The minimum atomic E-state index is 0.218. The highest BCUT2D eigenvalue weighted by Crippen LogP contribution is 2.29. The van der Waals surface area contributed by atoms with Gasteiger partial charge in [-0.2, -0.15) is 0 Å². The first-order chi connectivity index (χ1) is 10.2. The van der Waals surface area contributed by atoms with Crippen LogP contribution >= 0.6 is 15.9 Å². The molecule has 0 aliphatic rings. The number of nitrogens with zero attached hydrogens (tertiary/aromatic N) is 1. The lowest BCUT2D eigenvalue weighted by Crippen LogP contribution is -2.19. The van der Waals surface area contributed by atoms with Crippen LogP contribution in [0.5, 0.6) is 11.5 Å². The van der Waals surface area contributed by atoms with Crippen molar-refractivity contribution >= 4 is 15.9 Å². The van der Waals surface area contributed by atoms with E-state index in [2.05, 4.69) is 45.3 Å². The highest BCUT2D eigenvalue weighted by Gasteiger charge is 2.12. The summed E-state index contributed by atoms with van der Waals surface area (Å²) in [5.74, 6) is 1.37. The van der Waals surface area contributed by atoms with Gasteiger partial charge in [-0.15, -0.1) is 0 Å². The van der Waals surface area contributed by atoms with Gasteiger partial charge in [0.25, 0.3) is 0 Å². The molecule has 0 bridgehead atoms. The van der Waals surface area contributed by atoms with Crippen molar-refractivity contribution in [2.24, 2.45) is 0 Å². The standard InChI is InChI=1S/C16H19BrN2O2/c1-11(12-4-6-13(17)7-5-12)19-10-14-16(21-3)15(20-2)8-9-18-14/h4-9,11,19H,10H2,1-3H3/t11-/m0/s1. The third-order valence-electron chi connectivity index (χ3n) is 3.31. The Hall–Kier alpha value is -1.59. The molecule has 1 atom stereocenters. The molecule has 1 N–H and O–H groups in total. The Kier molecular flexibility index (Phi) is 5.59. The molecule has 1 aromatic heterocycles. The summed E-state index contributed by atoms with van der Waals surface area (Å²) in [5.41, 5.74) is 2.06. The van der Waals surface area contributed by atoms with Crippen molar-refractivity contribution in [3.63, 3.8) is 0 Å². The first-order valence-electron chi connectivity index (χ1n) is 6.70. The minimum Gasteiger partial charge on any atom is -0.493 e. The number of benzene rings is 1. The maximum absolute atomic E-state index is 5.39. The van der Waals surface area contributed by atoms with E-state index in [4.69, 9.17) is 9.47 Å². The van der Waals surface area contributed by atoms with Crippen LogP contribution in [-0.2, 0) is 6.54 Å². The summed E-state index contributed by atoms with van der Waals surface area (Å²) in [6.07, 6.45) is 1.72. The minimum absolute atomic E-state index is 0.218. The average Bonchev–Trinajstić information content (AvgIpc) is 2.52. The van der Waals surface area contributed by atoms with Gasteiger partial charge in [0.2, 0.25) is 0 Å². The fraction of sp³-hybridized carbons (Fsp3) is 0.312. The lowest BCUT2D eigenvalue weighted by atomic mass is 10.1. The van der Waals surface area contributed by atoms with Crippen LogP contribution in [0.1, 0.15) is 24.2 Å². The fourth-order valence-corrected chi connectivity index (χ4v) is 2.36. The maximum atomic E-state index is 5.39. The summed E-state index contributed by atoms with van der Waals surface area (Å²) in [6.45, 7) is 2.73. The molecule has 0 fully saturated rings. The summed E-state index contributed by atoms with van der Waals surface area (Å²) in [7, 11) is 3.25. The molecule has 0 aliphatic heterocycles. The molecule has 0 amide bonds. The molecular weight excluding hydrogens is 332 g/mol. The van der Waals surface area contributed by atoms with E-state index in [0.29, 0.717) is 18.0 Å². The zero-order valence-corrected chi connectivity index (χ0v) is 14.0. The Balaban J connectivity index is 2.07. The van der Waals surface area contributed by atoms with Crippen LogP contribution in [0.4, 0.5) is 0 Å². The topological polar surface area (TPSA) is 43.4 Å². The zero-order chi connectivity index (χ0) is 15.2. The molecule has 1 heterocycles. The number of halogens is 1. The van der Waals surface area contributed by atoms with Gasteiger partial charge in [0.1, 0.15) is 0 Å². The number of nitrogens with one attached hydrogen (secondary N) is 1. The van der Waals surface area contributed by atoms with Crippen molar-refractivity contribution in [1.29, 1.82) is 0 Å². The predicted molar refractivity (Wildman–Crippen MR) is 86.7 cm³/mol. The van der Waals surface area contributed by atoms with E-state index in [1.54, 1.807) is 26.5 Å². The number of hydrogen-bond donors (Lipinski definition) is 1. The summed E-state index contributed by atoms with van der Waals surface area (Å²) < 4.78 is 11.7. The Morgan fingerprint density at radius 1 is 1.14 bits per heavy atom. The Bertz CT molecular complexity index is 587. The lowest BCUT2D eigenvalue weighted by molar-refractivity contribution is 0.347. The van der Waals surface area contributed by atoms with Crippen LogP contribution in [0.25, 0.3) is 0 Å². The van der Waals surface area contributed by atoms with Crippen molar-refractivity contribution < 1.29 is 9.47 Å². The number of methoxy groups -OCH3 is 2. The fourth-order valence-electron chi connectivity index (χ4n) is 2.10. The van der Waals surface area contributed by atoms with Crippen molar-refractivity contribution in [3.8, 4) is 11.5 Å². The van der Waals surface area contributed by atoms with Gasteiger partial charge in [-0.1, -0.05) is 28.1 Å². The second-order valence-electron chi connectivity index (χ2n) is 4.65. The third-order valence-corrected chi connectivity index (χ3v) is 3.84. The summed E-state index contributed by atoms with van der Waals surface area (Å²) >= 11 is 3.44. The largest absolute Gasteiger partial charge is 0.493 e. The molecule has 0 unspecified atom stereocenters. The van der Waals surface area contributed by atoms with Crippen LogP contribution in [0.2, 0.25) is 0 Å². The Morgan fingerprint density at radius 2 is 1.86 bits per heavy atom. The maximum Gasteiger partial charge on any atom is 0.183 e. The molecule has 0 spiro atoms. The van der Waals surface area contributed by atoms with Gasteiger partial charge in [-0.3, -0.25) is 4.98 Å². The van der Waals surface area contributed by atoms with Crippen LogP contribution in [0, 0.1) is 0 Å². The quantitative estimate of drug-likeness (QED) is 0.862. The Labute approximate surface area is 133 Å². The molecule has 5 heteroatoms. The molecule has 2 rings (SSSR count). The van der Waals surface area contributed by atoms with Gasteiger partial charge in [0.05, 0.1) is 19.9 Å². The predicted octanol–water partition coefficient (Wildman–Crippen LogP) is 3.71. The smallest absolute Gasteiger partial charge is 0.183 e. The van der Waals surface area contributed by atoms with Crippen molar-refractivity contribution in [2.45, 2.75) is 19.5 Å². The van der Waals surface area contributed by atoms with Gasteiger partial charge in [-0.05, 0) is 24.6 Å². The van der Waals surface area contributed by atoms with Crippen LogP contribution in [0.15, 0.2) is 41.0 Å². The van der Waals surface area contributed by atoms with E-state index < -0.39 is 0 Å². The molecule has 4 nitrogen and oxygen atoms in total. The van der Waals surface area contributed by atoms with E-state index in [1.165, 1.54) is 5.56 Å². The number of ether oxygens (including phenoxy) is 2. The van der Waals surface area contributed by atoms with E-state index >= 15 is 0 Å². The highest BCUT2D eigenvalue weighted by molar-refractivity contribution is 9.10. The number of rotatable bonds is 6. The second kappa shape index (κ2) is 7.43. The van der Waals surface area contributed by atoms with Crippen LogP contribution < -0.4 is 14.8 Å². The first-order valence-corrected chi connectivity index (χ1v) is 7.49. The molecule has 112 valence electrons. The van der Waals surface area contributed by atoms with E-state index in [9.17, 15) is 0 Å². The molecule has 21 heavy (non-hydrogen) atoms. The molecule has 0 saturated heterocycles. The highest BCUT2D eigenvalue weighted by atomic mass is 79.9. The monoisotopic (exact) mass is 350 g/mol. The molecule has 0 radical (unpaired) electrons. The molecule has 1 aromatic carbocycles. The number of hydrogen-bond acceptors (Lipinski definition) is 4. The van der Waals surface area contributed by atoms with E-state index in [1.807, 2.05) is 12.1 Å². The van der Waals surface area contributed by atoms with Crippen molar-refractivity contribution in [2.75, 3.05) is 14.2 Å². The van der Waals surface area contributed by atoms with Gasteiger partial charge >= 0.3 is 0 Å². The SMILES string of the molecule is COc1ccnc(CN[C@@H](C)c2ccc(Br)cc2)c1OC. The van der Waals surface area contributed by atoms with Crippen molar-refractivity contribution in [1.82, 2.24) is 10.3 Å². The van der Waals surface area contributed by atoms with E-state index in [0.717, 1.165) is 10.2 Å². The van der Waals surface area contributed by atoms with E-state index in [-0.39, 0.29) is 6.04 Å². The normalized spacial score (nSPS) is 12.0. The third kappa shape index (κ3) is 3.95. The van der Waals surface area contributed by atoms with Crippen LogP contribution in [0.3, 0.4) is 0 Å².